The molecule has 0 fully saturated rings. The lowest BCUT2D eigenvalue weighted by Crippen LogP contribution is -2.18. The molecule has 0 aromatic heterocycles. The van der Waals surface area contributed by atoms with Gasteiger partial charge in [0.05, 0.1) is 12.7 Å². The molecule has 3 nitrogen and oxygen atoms in total. The summed E-state index contributed by atoms with van der Waals surface area (Å²) in [5.41, 5.74) is -1.71. The number of methoxy groups -OCH3 is 1. The Balaban J connectivity index is 3.66. The van der Waals surface area contributed by atoms with E-state index in [0.29, 0.717) is 12.8 Å². The zero-order chi connectivity index (χ0) is 16.2. The maximum Gasteiger partial charge on any atom is 0.417 e. The number of benzene rings is 1. The van der Waals surface area contributed by atoms with Crippen LogP contribution in [0.3, 0.4) is 0 Å². The van der Waals surface area contributed by atoms with Gasteiger partial charge in [-0.25, -0.2) is 4.79 Å². The molecule has 0 saturated heterocycles. The van der Waals surface area contributed by atoms with Crippen LogP contribution in [0, 0.1) is 0 Å². The van der Waals surface area contributed by atoms with Crippen LogP contribution in [0.15, 0.2) is 18.7 Å². The topological polar surface area (TPSA) is 46.5 Å². The maximum atomic E-state index is 13.2. The summed E-state index contributed by atoms with van der Waals surface area (Å²) in [4.78, 5) is 11.7. The highest BCUT2D eigenvalue weighted by atomic mass is 19.4. The number of carbonyl (C=O) groups excluding carboxylic acids is 1. The van der Waals surface area contributed by atoms with E-state index in [1.807, 2.05) is 0 Å². The van der Waals surface area contributed by atoms with Gasteiger partial charge in [0.2, 0.25) is 0 Å². The summed E-state index contributed by atoms with van der Waals surface area (Å²) in [5.74, 6) is -1.87. The van der Waals surface area contributed by atoms with Crippen molar-refractivity contribution in [3.63, 3.8) is 0 Å². The summed E-state index contributed by atoms with van der Waals surface area (Å²) < 4.78 is 44.1. The van der Waals surface area contributed by atoms with Crippen LogP contribution in [0.1, 0.15) is 40.4 Å². The van der Waals surface area contributed by atoms with E-state index in [9.17, 15) is 23.1 Å². The number of phenols is 1. The summed E-state index contributed by atoms with van der Waals surface area (Å²) in [6, 6.07) is 1.29. The first kappa shape index (κ1) is 17.1. The zero-order valence-electron chi connectivity index (χ0n) is 11.9. The van der Waals surface area contributed by atoms with Gasteiger partial charge in [0.25, 0.3) is 0 Å². The molecule has 0 saturated carbocycles. The van der Waals surface area contributed by atoms with Gasteiger partial charge < -0.3 is 9.84 Å². The van der Waals surface area contributed by atoms with Crippen LogP contribution in [-0.4, -0.2) is 18.2 Å². The molecule has 0 aliphatic carbocycles. The SMILES string of the molecule is C=CCCc1cc(CC)c(C(F)(F)F)c(C(=O)OC)c1O. The van der Waals surface area contributed by atoms with Crippen LogP contribution in [0.5, 0.6) is 5.75 Å². The third-order valence-corrected chi connectivity index (χ3v) is 3.13. The van der Waals surface area contributed by atoms with Crippen molar-refractivity contribution >= 4 is 5.97 Å². The van der Waals surface area contributed by atoms with Crippen LogP contribution in [0.2, 0.25) is 0 Å². The lowest BCUT2D eigenvalue weighted by atomic mass is 9.92. The van der Waals surface area contributed by atoms with Gasteiger partial charge in [0.15, 0.2) is 0 Å². The van der Waals surface area contributed by atoms with Gasteiger partial charge >= 0.3 is 12.1 Å². The fourth-order valence-corrected chi connectivity index (χ4v) is 2.14. The molecule has 21 heavy (non-hydrogen) atoms. The first-order valence-corrected chi connectivity index (χ1v) is 6.42. The molecule has 1 aromatic rings. The summed E-state index contributed by atoms with van der Waals surface area (Å²) in [7, 11) is 0.976. The van der Waals surface area contributed by atoms with E-state index in [0.717, 1.165) is 7.11 Å². The second-order valence-electron chi connectivity index (χ2n) is 4.46. The third kappa shape index (κ3) is 3.56. The minimum absolute atomic E-state index is 0.0419. The lowest BCUT2D eigenvalue weighted by Gasteiger charge is -2.19. The highest BCUT2D eigenvalue weighted by Gasteiger charge is 2.40. The normalized spacial score (nSPS) is 11.3. The van der Waals surface area contributed by atoms with E-state index in [1.165, 1.54) is 6.07 Å². The Bertz CT molecular complexity index is 548. The van der Waals surface area contributed by atoms with Crippen molar-refractivity contribution in [1.82, 2.24) is 0 Å². The Hall–Kier alpha value is -1.98. The van der Waals surface area contributed by atoms with Gasteiger partial charge in [0, 0.05) is 0 Å². The smallest absolute Gasteiger partial charge is 0.417 e. The molecule has 0 spiro atoms. The van der Waals surface area contributed by atoms with Gasteiger partial charge in [-0.15, -0.1) is 6.58 Å². The lowest BCUT2D eigenvalue weighted by molar-refractivity contribution is -0.138. The predicted octanol–water partition coefficient (Wildman–Crippen LogP) is 3.88. The molecule has 0 amide bonds. The molecule has 0 heterocycles. The van der Waals surface area contributed by atoms with Gasteiger partial charge in [-0.2, -0.15) is 13.2 Å². The van der Waals surface area contributed by atoms with E-state index in [4.69, 9.17) is 0 Å². The monoisotopic (exact) mass is 302 g/mol. The zero-order valence-corrected chi connectivity index (χ0v) is 11.9. The number of halogens is 3. The molecule has 0 radical (unpaired) electrons. The number of ether oxygens (including phenoxy) is 1. The number of alkyl halides is 3. The van der Waals surface area contributed by atoms with Crippen molar-refractivity contribution in [2.75, 3.05) is 7.11 Å². The molecule has 0 unspecified atom stereocenters. The molecule has 0 bridgehead atoms. The number of phenolic OH excluding ortho intramolecular Hbond substituents is 1. The van der Waals surface area contributed by atoms with Crippen molar-refractivity contribution in [1.29, 1.82) is 0 Å². The molecule has 0 aliphatic heterocycles. The molecule has 0 aliphatic rings. The van der Waals surface area contributed by atoms with Crippen molar-refractivity contribution in [2.24, 2.45) is 0 Å². The minimum atomic E-state index is -4.75. The van der Waals surface area contributed by atoms with E-state index in [1.54, 1.807) is 13.0 Å². The Morgan fingerprint density at radius 3 is 2.48 bits per heavy atom. The van der Waals surface area contributed by atoms with Crippen molar-refractivity contribution in [2.45, 2.75) is 32.4 Å². The Kier molecular flexibility index (Phi) is 5.41. The summed E-state index contributed by atoms with van der Waals surface area (Å²) in [6.07, 6.45) is -2.31. The Morgan fingerprint density at radius 1 is 1.43 bits per heavy atom. The number of hydrogen-bond acceptors (Lipinski definition) is 3. The quantitative estimate of drug-likeness (QED) is 0.663. The second-order valence-corrected chi connectivity index (χ2v) is 4.46. The maximum absolute atomic E-state index is 13.2. The highest BCUT2D eigenvalue weighted by Crippen LogP contribution is 2.41. The predicted molar refractivity (Wildman–Crippen MR) is 72.3 cm³/mol. The highest BCUT2D eigenvalue weighted by molar-refractivity contribution is 5.95. The molecule has 1 aromatic carbocycles. The standard InChI is InChI=1S/C15H17F3O3/c1-4-6-7-10-8-9(5-2)12(15(16,17)18)11(13(10)19)14(20)21-3/h4,8,19H,1,5-7H2,2-3H3. The first-order chi connectivity index (χ1) is 9.77. The van der Waals surface area contributed by atoms with E-state index >= 15 is 0 Å². The third-order valence-electron chi connectivity index (χ3n) is 3.13. The fraction of sp³-hybridized carbons (Fsp3) is 0.400. The van der Waals surface area contributed by atoms with E-state index in [2.05, 4.69) is 11.3 Å². The molecule has 6 heteroatoms. The molecular weight excluding hydrogens is 285 g/mol. The average Bonchev–Trinajstić information content (AvgIpc) is 2.43. The molecular formula is C15H17F3O3. The fourth-order valence-electron chi connectivity index (χ4n) is 2.14. The van der Waals surface area contributed by atoms with Gasteiger partial charge in [-0.3, -0.25) is 0 Å². The van der Waals surface area contributed by atoms with Crippen LogP contribution in [0.4, 0.5) is 13.2 Å². The number of carbonyl (C=O) groups is 1. The molecule has 1 rings (SSSR count). The number of aryl methyl sites for hydroxylation is 2. The van der Waals surface area contributed by atoms with E-state index in [-0.39, 0.29) is 17.5 Å². The Labute approximate surface area is 121 Å². The number of allylic oxidation sites excluding steroid dienone is 1. The van der Waals surface area contributed by atoms with Crippen LogP contribution < -0.4 is 0 Å². The molecule has 116 valence electrons. The number of esters is 1. The van der Waals surface area contributed by atoms with Gasteiger partial charge in [-0.05, 0) is 30.4 Å². The van der Waals surface area contributed by atoms with Gasteiger partial charge in [0.1, 0.15) is 11.3 Å². The van der Waals surface area contributed by atoms with Crippen LogP contribution in [0.25, 0.3) is 0 Å². The van der Waals surface area contributed by atoms with Crippen LogP contribution >= 0.6 is 0 Å². The average molecular weight is 302 g/mol. The number of hydrogen-bond donors (Lipinski definition) is 1. The number of aromatic hydroxyl groups is 1. The largest absolute Gasteiger partial charge is 0.507 e. The first-order valence-electron chi connectivity index (χ1n) is 6.42. The van der Waals surface area contributed by atoms with Gasteiger partial charge in [-0.1, -0.05) is 19.1 Å². The Morgan fingerprint density at radius 2 is 2.05 bits per heavy atom. The van der Waals surface area contributed by atoms with Crippen molar-refractivity contribution < 1.29 is 27.8 Å². The summed E-state index contributed by atoms with van der Waals surface area (Å²) in [6.45, 7) is 5.08. The molecule has 1 N–H and O–H groups in total. The number of rotatable bonds is 5. The van der Waals surface area contributed by atoms with Crippen molar-refractivity contribution in [3.05, 3.63) is 41.0 Å². The summed E-state index contributed by atoms with van der Waals surface area (Å²) in [5, 5.41) is 10.0. The van der Waals surface area contributed by atoms with Crippen molar-refractivity contribution in [3.8, 4) is 5.75 Å². The van der Waals surface area contributed by atoms with E-state index < -0.39 is 29.0 Å². The van der Waals surface area contributed by atoms with Crippen LogP contribution in [-0.2, 0) is 23.8 Å². The minimum Gasteiger partial charge on any atom is -0.507 e. The molecule has 0 atom stereocenters. The second kappa shape index (κ2) is 6.65. The summed E-state index contributed by atoms with van der Waals surface area (Å²) >= 11 is 0.